The topological polar surface area (TPSA) is 29.1 Å². The fourth-order valence-corrected chi connectivity index (χ4v) is 0.999. The Hall–Kier alpha value is -1.79. The van der Waals surface area contributed by atoms with Gasteiger partial charge in [-0.1, -0.05) is 36.9 Å². The first-order chi connectivity index (χ1) is 6.24. The molecule has 0 unspecified atom stereocenters. The summed E-state index contributed by atoms with van der Waals surface area (Å²) in [5, 5.41) is 2.65. The summed E-state index contributed by atoms with van der Waals surface area (Å²) < 4.78 is 0. The number of benzene rings is 1. The van der Waals surface area contributed by atoms with Crippen LogP contribution in [0.5, 0.6) is 0 Å². The molecule has 0 saturated carbocycles. The van der Waals surface area contributed by atoms with Gasteiger partial charge >= 0.3 is 0 Å². The van der Waals surface area contributed by atoms with Gasteiger partial charge in [-0.05, 0) is 0 Å². The zero-order chi connectivity index (χ0) is 9.68. The Morgan fingerprint density at radius 1 is 1.38 bits per heavy atom. The van der Waals surface area contributed by atoms with E-state index in [1.54, 1.807) is 0 Å². The largest absolute Gasteiger partial charge is 0.319 e. The van der Waals surface area contributed by atoms with Crippen molar-refractivity contribution in [1.29, 1.82) is 0 Å². The molecule has 2 nitrogen and oxygen atoms in total. The van der Waals surface area contributed by atoms with E-state index in [2.05, 4.69) is 17.6 Å². The second-order valence-electron chi connectivity index (χ2n) is 2.60. The van der Waals surface area contributed by atoms with Crippen molar-refractivity contribution in [2.45, 2.75) is 6.92 Å². The van der Waals surface area contributed by atoms with Crippen molar-refractivity contribution in [2.24, 2.45) is 0 Å². The third-order valence-electron chi connectivity index (χ3n) is 1.54. The molecule has 0 aliphatic carbocycles. The highest BCUT2D eigenvalue weighted by Crippen LogP contribution is 2.08. The van der Waals surface area contributed by atoms with Crippen LogP contribution in [0.15, 0.2) is 42.6 Å². The minimum atomic E-state index is -0.116. The van der Waals surface area contributed by atoms with Crippen LogP contribution < -0.4 is 5.32 Å². The summed E-state index contributed by atoms with van der Waals surface area (Å²) in [6.07, 6.45) is 0. The van der Waals surface area contributed by atoms with Crippen LogP contribution in [0, 0.1) is 0 Å². The van der Waals surface area contributed by atoms with Gasteiger partial charge in [0.25, 0.3) is 0 Å². The predicted octanol–water partition coefficient (Wildman–Crippen LogP) is 1.95. The van der Waals surface area contributed by atoms with Crippen molar-refractivity contribution in [2.75, 3.05) is 0 Å². The minimum Gasteiger partial charge on any atom is -0.319 e. The van der Waals surface area contributed by atoms with Crippen LogP contribution in [0.4, 0.5) is 0 Å². The lowest BCUT2D eigenvalue weighted by Crippen LogP contribution is -2.17. The van der Waals surface area contributed by atoms with Crippen LogP contribution in [-0.4, -0.2) is 5.91 Å². The number of nitrogens with one attached hydrogen (secondary N) is 1. The molecule has 1 N–H and O–H groups in total. The molecule has 0 bridgehead atoms. The molecular formula is C11H11NO. The van der Waals surface area contributed by atoms with Crippen LogP contribution in [0.2, 0.25) is 0 Å². The highest BCUT2D eigenvalue weighted by atomic mass is 16.1. The fourth-order valence-electron chi connectivity index (χ4n) is 0.999. The van der Waals surface area contributed by atoms with Gasteiger partial charge in [-0.15, -0.1) is 5.73 Å². The second kappa shape index (κ2) is 4.29. The van der Waals surface area contributed by atoms with E-state index in [1.807, 2.05) is 30.3 Å². The van der Waals surface area contributed by atoms with E-state index in [0.717, 1.165) is 5.56 Å². The quantitative estimate of drug-likeness (QED) is 0.680. The molecular weight excluding hydrogens is 162 g/mol. The lowest BCUT2D eigenvalue weighted by Gasteiger charge is -2.04. The van der Waals surface area contributed by atoms with E-state index in [1.165, 1.54) is 6.92 Å². The Labute approximate surface area is 77.6 Å². The number of carbonyl (C=O) groups excluding carboxylic acids is 1. The molecule has 0 heterocycles. The fraction of sp³-hybridized carbons (Fsp3) is 0.0909. The summed E-state index contributed by atoms with van der Waals surface area (Å²) in [5.74, 6) is -0.116. The smallest absolute Gasteiger partial charge is 0.221 e. The van der Waals surface area contributed by atoms with Crippen molar-refractivity contribution < 1.29 is 4.79 Å². The molecule has 66 valence electrons. The maximum atomic E-state index is 10.8. The van der Waals surface area contributed by atoms with E-state index in [9.17, 15) is 4.79 Å². The first-order valence-corrected chi connectivity index (χ1v) is 3.97. The molecule has 0 atom stereocenters. The predicted molar refractivity (Wildman–Crippen MR) is 52.8 cm³/mol. The Balaban J connectivity index is 2.93. The minimum absolute atomic E-state index is 0.116. The molecule has 0 saturated heterocycles. The number of hydrogen-bond acceptors (Lipinski definition) is 1. The number of hydrogen-bond donors (Lipinski definition) is 1. The molecule has 0 aliphatic heterocycles. The molecule has 13 heavy (non-hydrogen) atoms. The van der Waals surface area contributed by atoms with E-state index >= 15 is 0 Å². The summed E-state index contributed by atoms with van der Waals surface area (Å²) in [6.45, 7) is 4.97. The molecule has 1 amide bonds. The van der Waals surface area contributed by atoms with Gasteiger partial charge in [0.1, 0.15) is 0 Å². The first-order valence-electron chi connectivity index (χ1n) is 3.97. The summed E-state index contributed by atoms with van der Waals surface area (Å²) in [5.41, 5.74) is 4.21. The summed E-state index contributed by atoms with van der Waals surface area (Å²) in [4.78, 5) is 10.8. The maximum absolute atomic E-state index is 10.8. The Morgan fingerprint density at radius 3 is 2.46 bits per heavy atom. The van der Waals surface area contributed by atoms with Gasteiger partial charge in [0.15, 0.2) is 0 Å². The zero-order valence-electron chi connectivity index (χ0n) is 7.50. The van der Waals surface area contributed by atoms with Crippen LogP contribution in [-0.2, 0) is 4.79 Å². The van der Waals surface area contributed by atoms with Gasteiger partial charge < -0.3 is 5.32 Å². The SMILES string of the molecule is C=C=C(NC(C)=O)c1ccccc1. The summed E-state index contributed by atoms with van der Waals surface area (Å²) in [7, 11) is 0. The van der Waals surface area contributed by atoms with Crippen LogP contribution in [0.3, 0.4) is 0 Å². The van der Waals surface area contributed by atoms with E-state index in [4.69, 9.17) is 0 Å². The van der Waals surface area contributed by atoms with E-state index in [0.29, 0.717) is 5.70 Å². The average molecular weight is 173 g/mol. The Bertz CT molecular complexity index is 348. The summed E-state index contributed by atoms with van der Waals surface area (Å²) >= 11 is 0. The van der Waals surface area contributed by atoms with Crippen LogP contribution >= 0.6 is 0 Å². The van der Waals surface area contributed by atoms with Gasteiger partial charge in [0.2, 0.25) is 5.91 Å². The third-order valence-corrected chi connectivity index (χ3v) is 1.54. The Kier molecular flexibility index (Phi) is 3.07. The summed E-state index contributed by atoms with van der Waals surface area (Å²) in [6, 6.07) is 9.49. The maximum Gasteiger partial charge on any atom is 0.221 e. The average Bonchev–Trinajstić information content (AvgIpc) is 2.15. The zero-order valence-corrected chi connectivity index (χ0v) is 7.50. The molecule has 0 spiro atoms. The van der Waals surface area contributed by atoms with Crippen molar-refractivity contribution in [3.05, 3.63) is 48.2 Å². The highest BCUT2D eigenvalue weighted by molar-refractivity contribution is 5.84. The monoisotopic (exact) mass is 173 g/mol. The molecule has 1 aromatic carbocycles. The lowest BCUT2D eigenvalue weighted by atomic mass is 10.2. The van der Waals surface area contributed by atoms with Crippen molar-refractivity contribution in [3.8, 4) is 0 Å². The van der Waals surface area contributed by atoms with Crippen molar-refractivity contribution in [3.63, 3.8) is 0 Å². The van der Waals surface area contributed by atoms with Gasteiger partial charge in [-0.25, -0.2) is 0 Å². The third kappa shape index (κ3) is 2.62. The second-order valence-corrected chi connectivity index (χ2v) is 2.60. The molecule has 0 aromatic heterocycles. The van der Waals surface area contributed by atoms with Gasteiger partial charge in [-0.2, -0.15) is 0 Å². The molecule has 2 heteroatoms. The van der Waals surface area contributed by atoms with E-state index < -0.39 is 0 Å². The number of amides is 1. The van der Waals surface area contributed by atoms with Gasteiger partial charge in [0.05, 0.1) is 5.70 Å². The molecule has 0 fully saturated rings. The number of carbonyl (C=O) groups is 1. The van der Waals surface area contributed by atoms with E-state index in [-0.39, 0.29) is 5.91 Å². The molecule has 1 aromatic rings. The molecule has 0 aliphatic rings. The first kappa shape index (κ1) is 9.30. The van der Waals surface area contributed by atoms with Crippen molar-refractivity contribution in [1.82, 2.24) is 5.32 Å². The van der Waals surface area contributed by atoms with Gasteiger partial charge in [0, 0.05) is 12.5 Å². The van der Waals surface area contributed by atoms with Crippen LogP contribution in [0.25, 0.3) is 5.70 Å². The Morgan fingerprint density at radius 2 is 2.00 bits per heavy atom. The van der Waals surface area contributed by atoms with Crippen LogP contribution in [0.1, 0.15) is 12.5 Å². The van der Waals surface area contributed by atoms with Gasteiger partial charge in [-0.3, -0.25) is 4.79 Å². The standard InChI is InChI=1S/C11H11NO/c1-3-11(12-9(2)13)10-7-5-4-6-8-10/h4-8H,1H2,2H3,(H,12,13). The molecule has 1 rings (SSSR count). The lowest BCUT2D eigenvalue weighted by molar-refractivity contribution is -0.117. The number of rotatable bonds is 2. The highest BCUT2D eigenvalue weighted by Gasteiger charge is 2.00. The van der Waals surface area contributed by atoms with Crippen molar-refractivity contribution >= 4 is 11.6 Å². The normalized spacial score (nSPS) is 8.69. The molecule has 0 radical (unpaired) electrons.